The van der Waals surface area contributed by atoms with Crippen molar-refractivity contribution in [3.05, 3.63) is 76.6 Å². The number of hydrogen-bond donors (Lipinski definition) is 1. The molecule has 1 saturated heterocycles. The molecule has 3 aliphatic rings. The molecule has 1 aromatic heterocycles. The smallest absolute Gasteiger partial charge is 0.276 e. The van der Waals surface area contributed by atoms with Gasteiger partial charge in [0.15, 0.2) is 5.69 Å². The number of piperidine rings is 1. The molecular weight excluding hydrogens is 472 g/mol. The molecule has 1 N–H and O–H groups in total. The summed E-state index contributed by atoms with van der Waals surface area (Å²) in [7, 11) is 0. The molecule has 3 aromatic rings. The van der Waals surface area contributed by atoms with E-state index in [2.05, 4.69) is 27.8 Å². The molecule has 4 amide bonds. The lowest BCUT2D eigenvalue weighted by atomic mass is 9.89. The molecule has 188 valence electrons. The molecule has 2 aromatic carbocycles. The zero-order chi connectivity index (χ0) is 25.8. The molecule has 0 spiro atoms. The van der Waals surface area contributed by atoms with Crippen LogP contribution in [-0.2, 0) is 22.6 Å². The summed E-state index contributed by atoms with van der Waals surface area (Å²) < 4.78 is 1.53. The average molecular weight is 499 g/mol. The van der Waals surface area contributed by atoms with Crippen molar-refractivity contribution in [2.24, 2.45) is 0 Å². The van der Waals surface area contributed by atoms with E-state index in [1.807, 2.05) is 36.9 Å². The summed E-state index contributed by atoms with van der Waals surface area (Å²) in [5.74, 6) is -1.18. The number of hydrogen-bond acceptors (Lipinski definition) is 6. The molecule has 3 atom stereocenters. The van der Waals surface area contributed by atoms with Crippen molar-refractivity contribution >= 4 is 23.6 Å². The number of nitrogens with zero attached hydrogens (tertiary/aromatic N) is 5. The SMILES string of the molecule is CC1Cc2ccccc2C(C)N1C(=O)c1cn(-c2ccc3c(c2)CN(C2CCC(=O)NC2=O)C3=O)nn1. The van der Waals surface area contributed by atoms with Crippen LogP contribution in [0.15, 0.2) is 48.7 Å². The van der Waals surface area contributed by atoms with Crippen LogP contribution in [0.5, 0.6) is 0 Å². The van der Waals surface area contributed by atoms with Crippen molar-refractivity contribution in [1.82, 2.24) is 30.1 Å². The Labute approximate surface area is 213 Å². The highest BCUT2D eigenvalue weighted by Gasteiger charge is 2.39. The number of imide groups is 1. The first-order valence-corrected chi connectivity index (χ1v) is 12.4. The Morgan fingerprint density at radius 1 is 1.05 bits per heavy atom. The largest absolute Gasteiger partial charge is 0.327 e. The first-order valence-electron chi connectivity index (χ1n) is 12.4. The topological polar surface area (TPSA) is 118 Å². The summed E-state index contributed by atoms with van der Waals surface area (Å²) in [5.41, 5.74) is 4.58. The third kappa shape index (κ3) is 3.80. The lowest BCUT2D eigenvalue weighted by Gasteiger charge is -2.40. The zero-order valence-corrected chi connectivity index (χ0v) is 20.5. The Hall–Kier alpha value is -4.34. The molecule has 10 nitrogen and oxygen atoms in total. The van der Waals surface area contributed by atoms with Crippen molar-refractivity contribution in [3.63, 3.8) is 0 Å². The molecule has 0 radical (unpaired) electrons. The third-order valence-electron chi connectivity index (χ3n) is 7.63. The normalized spacial score (nSPS) is 23.1. The second kappa shape index (κ2) is 8.65. The van der Waals surface area contributed by atoms with E-state index in [0.717, 1.165) is 17.5 Å². The molecule has 4 heterocycles. The van der Waals surface area contributed by atoms with Crippen molar-refractivity contribution < 1.29 is 19.2 Å². The summed E-state index contributed by atoms with van der Waals surface area (Å²) in [6.45, 7) is 4.33. The van der Waals surface area contributed by atoms with Crippen molar-refractivity contribution in [1.29, 1.82) is 0 Å². The fourth-order valence-electron chi connectivity index (χ4n) is 5.78. The average Bonchev–Trinajstić information content (AvgIpc) is 3.49. The monoisotopic (exact) mass is 498 g/mol. The quantitative estimate of drug-likeness (QED) is 0.553. The van der Waals surface area contributed by atoms with Gasteiger partial charge in [0.05, 0.1) is 17.9 Å². The van der Waals surface area contributed by atoms with Crippen LogP contribution in [0.3, 0.4) is 0 Å². The fraction of sp³-hybridized carbons (Fsp3) is 0.333. The maximum Gasteiger partial charge on any atom is 0.276 e. The molecule has 0 bridgehead atoms. The minimum absolute atomic E-state index is 0.0202. The van der Waals surface area contributed by atoms with Gasteiger partial charge in [0.25, 0.3) is 11.8 Å². The second-order valence-corrected chi connectivity index (χ2v) is 9.93. The lowest BCUT2D eigenvalue weighted by Crippen LogP contribution is -2.52. The maximum absolute atomic E-state index is 13.5. The predicted molar refractivity (Wildman–Crippen MR) is 132 cm³/mol. The minimum atomic E-state index is -0.671. The first-order chi connectivity index (χ1) is 17.8. The Kier molecular flexibility index (Phi) is 5.40. The van der Waals surface area contributed by atoms with Crippen molar-refractivity contribution in [2.75, 3.05) is 0 Å². The highest BCUT2D eigenvalue weighted by atomic mass is 16.2. The Bertz CT molecular complexity index is 1460. The molecule has 0 aliphatic carbocycles. The number of benzene rings is 2. The van der Waals surface area contributed by atoms with Gasteiger partial charge in [-0.15, -0.1) is 5.10 Å². The molecule has 0 saturated carbocycles. The first kappa shape index (κ1) is 23.1. The Morgan fingerprint density at radius 2 is 1.86 bits per heavy atom. The summed E-state index contributed by atoms with van der Waals surface area (Å²) in [4.78, 5) is 53.6. The van der Waals surface area contributed by atoms with Gasteiger partial charge in [-0.25, -0.2) is 4.68 Å². The molecule has 3 unspecified atom stereocenters. The second-order valence-electron chi connectivity index (χ2n) is 9.93. The number of nitrogens with one attached hydrogen (secondary N) is 1. The van der Waals surface area contributed by atoms with Crippen molar-refractivity contribution in [3.8, 4) is 5.69 Å². The van der Waals surface area contributed by atoms with E-state index < -0.39 is 11.9 Å². The lowest BCUT2D eigenvalue weighted by molar-refractivity contribution is -0.136. The van der Waals surface area contributed by atoms with Gasteiger partial charge >= 0.3 is 0 Å². The number of carbonyl (C=O) groups excluding carboxylic acids is 4. The van der Waals surface area contributed by atoms with Crippen LogP contribution in [0.25, 0.3) is 5.69 Å². The molecule has 3 aliphatic heterocycles. The standard InChI is InChI=1S/C27H26N6O4/c1-15-11-17-5-3-4-6-20(17)16(2)33(15)27(37)22-14-32(30-29-22)19-7-8-21-18(12-19)13-31(26(21)36)23-9-10-24(34)28-25(23)35/h3-8,12,14-16,23H,9-11,13H2,1-2H3,(H,28,34,35). The van der Waals surface area contributed by atoms with Gasteiger partial charge in [0.1, 0.15) is 6.04 Å². The highest BCUT2D eigenvalue weighted by molar-refractivity contribution is 6.05. The van der Waals surface area contributed by atoms with E-state index in [0.29, 0.717) is 17.7 Å². The van der Waals surface area contributed by atoms with Crippen LogP contribution in [0.4, 0.5) is 0 Å². The maximum atomic E-state index is 13.5. The van der Waals surface area contributed by atoms with E-state index in [1.54, 1.807) is 18.3 Å². The number of amides is 4. The van der Waals surface area contributed by atoms with Gasteiger partial charge < -0.3 is 9.80 Å². The summed E-state index contributed by atoms with van der Waals surface area (Å²) in [5, 5.41) is 10.7. The number of fused-ring (bicyclic) bond motifs is 2. The molecule has 6 rings (SSSR count). The van der Waals surface area contributed by atoms with E-state index in [9.17, 15) is 19.2 Å². The number of aromatic nitrogens is 3. The minimum Gasteiger partial charge on any atom is -0.327 e. The third-order valence-corrected chi connectivity index (χ3v) is 7.63. The van der Waals surface area contributed by atoms with Gasteiger partial charge in [-0.2, -0.15) is 0 Å². The van der Waals surface area contributed by atoms with E-state index >= 15 is 0 Å². The Balaban J connectivity index is 1.23. The number of carbonyl (C=O) groups is 4. The van der Waals surface area contributed by atoms with Crippen molar-refractivity contribution in [2.45, 2.75) is 57.8 Å². The van der Waals surface area contributed by atoms with Crippen LogP contribution in [-0.4, -0.2) is 60.5 Å². The van der Waals surface area contributed by atoms with Crippen LogP contribution >= 0.6 is 0 Å². The van der Waals surface area contributed by atoms with Gasteiger partial charge in [0.2, 0.25) is 11.8 Å². The molecule has 37 heavy (non-hydrogen) atoms. The van der Waals surface area contributed by atoms with Gasteiger partial charge in [-0.05, 0) is 61.6 Å². The van der Waals surface area contributed by atoms with Gasteiger partial charge in [0, 0.05) is 24.6 Å². The summed E-state index contributed by atoms with van der Waals surface area (Å²) >= 11 is 0. The van der Waals surface area contributed by atoms with Crippen LogP contribution < -0.4 is 5.32 Å². The van der Waals surface area contributed by atoms with Gasteiger partial charge in [-0.1, -0.05) is 29.5 Å². The van der Waals surface area contributed by atoms with E-state index in [4.69, 9.17) is 0 Å². The fourth-order valence-corrected chi connectivity index (χ4v) is 5.78. The van der Waals surface area contributed by atoms with Crippen LogP contribution in [0, 0.1) is 0 Å². The van der Waals surface area contributed by atoms with Gasteiger partial charge in [-0.3, -0.25) is 24.5 Å². The summed E-state index contributed by atoms with van der Waals surface area (Å²) in [6, 6.07) is 12.7. The van der Waals surface area contributed by atoms with E-state index in [-0.39, 0.29) is 48.5 Å². The van der Waals surface area contributed by atoms with Crippen LogP contribution in [0.2, 0.25) is 0 Å². The Morgan fingerprint density at radius 3 is 2.68 bits per heavy atom. The van der Waals surface area contributed by atoms with E-state index in [1.165, 1.54) is 15.1 Å². The number of rotatable bonds is 3. The molecular formula is C27H26N6O4. The highest BCUT2D eigenvalue weighted by Crippen LogP contribution is 2.34. The predicted octanol–water partition coefficient (Wildman–Crippen LogP) is 2.18. The molecule has 10 heteroatoms. The van der Waals surface area contributed by atoms with Crippen LogP contribution in [0.1, 0.15) is 70.3 Å². The summed E-state index contributed by atoms with van der Waals surface area (Å²) in [6.07, 6.45) is 2.91. The molecule has 1 fully saturated rings. The zero-order valence-electron chi connectivity index (χ0n) is 20.5.